The highest BCUT2D eigenvalue weighted by Gasteiger charge is 2.67. The first-order valence-electron chi connectivity index (χ1n) is 8.11. The number of esters is 1. The summed E-state index contributed by atoms with van der Waals surface area (Å²) in [6.07, 6.45) is 5.47. The van der Waals surface area contributed by atoms with E-state index in [1.54, 1.807) is 20.2 Å². The number of aromatic nitrogens is 2. The van der Waals surface area contributed by atoms with Gasteiger partial charge in [-0.1, -0.05) is 0 Å². The van der Waals surface area contributed by atoms with E-state index >= 15 is 0 Å². The SMILES string of the molecule is CCOC(=O)c1cn(C)nc1NC(=O)C1[C@@H]2[C@H]3CC[C@@H](C3)[C@@H]12. The Labute approximate surface area is 129 Å². The van der Waals surface area contributed by atoms with Gasteiger partial charge in [-0.15, -0.1) is 0 Å². The maximum absolute atomic E-state index is 12.5. The van der Waals surface area contributed by atoms with Crippen LogP contribution in [-0.4, -0.2) is 28.3 Å². The molecule has 4 atom stereocenters. The van der Waals surface area contributed by atoms with Gasteiger partial charge in [0.15, 0.2) is 5.82 Å². The standard InChI is InChI=1S/C16H21N3O3/c1-3-22-16(21)10-7-19(2)18-14(10)17-15(20)13-11-8-4-5-9(6-8)12(11)13/h7-9,11-13H,3-6H2,1-2H3,(H,17,18,20)/t8-,9-,11+,12+/m0/s1. The van der Waals surface area contributed by atoms with Crippen molar-refractivity contribution in [1.29, 1.82) is 0 Å². The van der Waals surface area contributed by atoms with Crippen LogP contribution in [0.25, 0.3) is 0 Å². The zero-order valence-corrected chi connectivity index (χ0v) is 12.9. The van der Waals surface area contributed by atoms with Gasteiger partial charge >= 0.3 is 5.97 Å². The number of rotatable bonds is 4. The van der Waals surface area contributed by atoms with Crippen molar-refractivity contribution in [2.75, 3.05) is 11.9 Å². The Bertz CT molecular complexity index is 623. The molecule has 0 radical (unpaired) electrons. The molecular formula is C16H21N3O3. The molecule has 3 aliphatic carbocycles. The Morgan fingerprint density at radius 1 is 1.36 bits per heavy atom. The molecule has 22 heavy (non-hydrogen) atoms. The van der Waals surface area contributed by atoms with Crippen molar-refractivity contribution in [3.63, 3.8) is 0 Å². The predicted octanol–water partition coefficient (Wildman–Crippen LogP) is 1.83. The Morgan fingerprint density at radius 2 is 2.05 bits per heavy atom. The van der Waals surface area contributed by atoms with Crippen LogP contribution in [0.3, 0.4) is 0 Å². The number of carbonyl (C=O) groups excluding carboxylic acids is 2. The number of nitrogens with zero attached hydrogens (tertiary/aromatic N) is 2. The van der Waals surface area contributed by atoms with E-state index < -0.39 is 5.97 Å². The van der Waals surface area contributed by atoms with Gasteiger partial charge < -0.3 is 10.1 Å². The van der Waals surface area contributed by atoms with E-state index in [4.69, 9.17) is 4.74 Å². The van der Waals surface area contributed by atoms with Crippen molar-refractivity contribution < 1.29 is 14.3 Å². The lowest BCUT2D eigenvalue weighted by atomic mass is 10.0. The summed E-state index contributed by atoms with van der Waals surface area (Å²) < 4.78 is 6.54. The van der Waals surface area contributed by atoms with Gasteiger partial charge in [0.05, 0.1) is 6.61 Å². The molecule has 118 valence electrons. The fraction of sp³-hybridized carbons (Fsp3) is 0.688. The molecule has 6 heteroatoms. The Hall–Kier alpha value is -1.85. The number of anilines is 1. The van der Waals surface area contributed by atoms with Crippen LogP contribution in [0.4, 0.5) is 5.82 Å². The van der Waals surface area contributed by atoms with Crippen LogP contribution in [0, 0.1) is 29.6 Å². The molecule has 4 rings (SSSR count). The Kier molecular flexibility index (Phi) is 3.03. The number of ether oxygens (including phenoxy) is 1. The van der Waals surface area contributed by atoms with E-state index in [1.165, 1.54) is 23.9 Å². The van der Waals surface area contributed by atoms with E-state index in [2.05, 4.69) is 10.4 Å². The van der Waals surface area contributed by atoms with Crippen LogP contribution in [-0.2, 0) is 16.6 Å². The number of aryl methyl sites for hydroxylation is 1. The summed E-state index contributed by atoms with van der Waals surface area (Å²) in [4.78, 5) is 24.5. The molecule has 1 heterocycles. The monoisotopic (exact) mass is 303 g/mol. The third-order valence-electron chi connectivity index (χ3n) is 5.60. The van der Waals surface area contributed by atoms with Crippen LogP contribution in [0.5, 0.6) is 0 Å². The second-order valence-electron chi connectivity index (χ2n) is 6.79. The Balaban J connectivity index is 1.48. The van der Waals surface area contributed by atoms with Gasteiger partial charge in [-0.3, -0.25) is 9.48 Å². The molecule has 0 saturated heterocycles. The number of hydrogen-bond donors (Lipinski definition) is 1. The minimum Gasteiger partial charge on any atom is -0.462 e. The normalized spacial score (nSPS) is 34.4. The molecule has 1 N–H and O–H groups in total. The molecule has 3 saturated carbocycles. The highest BCUT2D eigenvalue weighted by atomic mass is 16.5. The zero-order chi connectivity index (χ0) is 15.4. The third kappa shape index (κ3) is 1.96. The molecule has 1 amide bonds. The lowest BCUT2D eigenvalue weighted by Gasteiger charge is -2.09. The van der Waals surface area contributed by atoms with Gasteiger partial charge in [0.2, 0.25) is 5.91 Å². The number of nitrogens with one attached hydrogen (secondary N) is 1. The lowest BCUT2D eigenvalue weighted by molar-refractivity contribution is -0.118. The summed E-state index contributed by atoms with van der Waals surface area (Å²) in [5.74, 6) is 2.68. The van der Waals surface area contributed by atoms with E-state index in [0.717, 1.165) is 11.8 Å². The molecule has 0 unspecified atom stereocenters. The number of carbonyl (C=O) groups is 2. The summed E-state index contributed by atoms with van der Waals surface area (Å²) in [5, 5.41) is 7.05. The van der Waals surface area contributed by atoms with Crippen molar-refractivity contribution in [3.05, 3.63) is 11.8 Å². The van der Waals surface area contributed by atoms with Crippen LogP contribution in [0.1, 0.15) is 36.5 Å². The maximum atomic E-state index is 12.5. The smallest absolute Gasteiger partial charge is 0.343 e. The van der Waals surface area contributed by atoms with Crippen LogP contribution in [0.15, 0.2) is 6.20 Å². The topological polar surface area (TPSA) is 73.2 Å². The summed E-state index contributed by atoms with van der Waals surface area (Å²) >= 11 is 0. The molecule has 0 spiro atoms. The first-order valence-corrected chi connectivity index (χ1v) is 8.11. The minimum absolute atomic E-state index is 0.0239. The molecule has 1 aromatic rings. The molecule has 3 fully saturated rings. The van der Waals surface area contributed by atoms with Gasteiger partial charge in [-0.25, -0.2) is 4.79 Å². The molecule has 0 aliphatic heterocycles. The number of fused-ring (bicyclic) bond motifs is 5. The summed E-state index contributed by atoms with van der Waals surface area (Å²) in [6.45, 7) is 2.06. The average molecular weight is 303 g/mol. The van der Waals surface area contributed by atoms with Crippen molar-refractivity contribution in [2.45, 2.75) is 26.2 Å². The summed E-state index contributed by atoms with van der Waals surface area (Å²) in [5.41, 5.74) is 0.325. The molecule has 1 aromatic heterocycles. The van der Waals surface area contributed by atoms with Crippen molar-refractivity contribution >= 4 is 17.7 Å². The van der Waals surface area contributed by atoms with Crippen molar-refractivity contribution in [1.82, 2.24) is 9.78 Å². The lowest BCUT2D eigenvalue weighted by Crippen LogP contribution is -2.20. The molecule has 6 nitrogen and oxygen atoms in total. The average Bonchev–Trinajstić information content (AvgIpc) is 2.78. The van der Waals surface area contributed by atoms with Gasteiger partial charge in [-0.2, -0.15) is 5.10 Å². The summed E-state index contributed by atoms with van der Waals surface area (Å²) in [6, 6.07) is 0. The maximum Gasteiger partial charge on any atom is 0.343 e. The molecule has 2 bridgehead atoms. The Morgan fingerprint density at radius 3 is 2.68 bits per heavy atom. The van der Waals surface area contributed by atoms with Gasteiger partial charge in [-0.05, 0) is 49.9 Å². The molecule has 3 aliphatic rings. The summed E-state index contributed by atoms with van der Waals surface area (Å²) in [7, 11) is 1.73. The van der Waals surface area contributed by atoms with Crippen molar-refractivity contribution in [2.24, 2.45) is 36.6 Å². The van der Waals surface area contributed by atoms with Gasteiger partial charge in [0.25, 0.3) is 0 Å². The van der Waals surface area contributed by atoms with Crippen molar-refractivity contribution in [3.8, 4) is 0 Å². The number of hydrogen-bond acceptors (Lipinski definition) is 4. The fourth-order valence-electron chi connectivity index (χ4n) is 4.81. The molecular weight excluding hydrogens is 282 g/mol. The van der Waals surface area contributed by atoms with Crippen LogP contribution >= 0.6 is 0 Å². The van der Waals surface area contributed by atoms with E-state index in [9.17, 15) is 9.59 Å². The van der Waals surface area contributed by atoms with E-state index in [1.807, 2.05) is 0 Å². The highest BCUT2D eigenvalue weighted by Crippen LogP contribution is 2.69. The number of amides is 1. The predicted molar refractivity (Wildman–Crippen MR) is 79.1 cm³/mol. The third-order valence-corrected chi connectivity index (χ3v) is 5.60. The highest BCUT2D eigenvalue weighted by molar-refractivity contribution is 6.01. The van der Waals surface area contributed by atoms with Crippen LogP contribution < -0.4 is 5.32 Å². The quantitative estimate of drug-likeness (QED) is 0.861. The van der Waals surface area contributed by atoms with E-state index in [0.29, 0.717) is 29.8 Å². The first kappa shape index (κ1) is 13.8. The fourth-order valence-corrected chi connectivity index (χ4v) is 4.81. The van der Waals surface area contributed by atoms with Gasteiger partial charge in [0.1, 0.15) is 5.56 Å². The van der Waals surface area contributed by atoms with E-state index in [-0.39, 0.29) is 11.8 Å². The first-order chi connectivity index (χ1) is 10.6. The second kappa shape index (κ2) is 4.83. The molecule has 0 aromatic carbocycles. The van der Waals surface area contributed by atoms with Gasteiger partial charge in [0, 0.05) is 19.2 Å². The van der Waals surface area contributed by atoms with Crippen LogP contribution in [0.2, 0.25) is 0 Å². The minimum atomic E-state index is -0.443. The second-order valence-corrected chi connectivity index (χ2v) is 6.79. The zero-order valence-electron chi connectivity index (χ0n) is 12.9. The largest absolute Gasteiger partial charge is 0.462 e.